The molecule has 1 saturated heterocycles. The van der Waals surface area contributed by atoms with Crippen LogP contribution in [0.3, 0.4) is 0 Å². The molecule has 1 aliphatic rings. The van der Waals surface area contributed by atoms with Gasteiger partial charge >= 0.3 is 6.18 Å². The van der Waals surface area contributed by atoms with E-state index in [1.165, 1.54) is 12.1 Å². The summed E-state index contributed by atoms with van der Waals surface area (Å²) in [6.45, 7) is 1.61. The van der Waals surface area contributed by atoms with Gasteiger partial charge in [-0.3, -0.25) is 9.69 Å². The van der Waals surface area contributed by atoms with Crippen LogP contribution in [-0.2, 0) is 17.5 Å². The van der Waals surface area contributed by atoms with Gasteiger partial charge in [0.05, 0.1) is 32.2 Å². The summed E-state index contributed by atoms with van der Waals surface area (Å²) in [6.07, 6.45) is -2.94. The second-order valence-electron chi connectivity index (χ2n) is 8.22. The number of hydrogen-bond acceptors (Lipinski definition) is 7. The molecule has 3 aromatic rings. The molecule has 4 rings (SSSR count). The fourth-order valence-electron chi connectivity index (χ4n) is 4.00. The summed E-state index contributed by atoms with van der Waals surface area (Å²) in [7, 11) is 3.10. The first-order valence-corrected chi connectivity index (χ1v) is 11.0. The van der Waals surface area contributed by atoms with Crippen LogP contribution < -0.4 is 14.8 Å². The summed E-state index contributed by atoms with van der Waals surface area (Å²) >= 11 is 0. The minimum Gasteiger partial charge on any atom is -0.493 e. The molecule has 0 aliphatic carbocycles. The van der Waals surface area contributed by atoms with Gasteiger partial charge in [-0.25, -0.2) is 0 Å². The van der Waals surface area contributed by atoms with Crippen molar-refractivity contribution in [1.29, 1.82) is 0 Å². The summed E-state index contributed by atoms with van der Waals surface area (Å²) in [5, 5.41) is 6.76. The van der Waals surface area contributed by atoms with Crippen LogP contribution in [0.5, 0.6) is 11.5 Å². The van der Waals surface area contributed by atoms with Crippen molar-refractivity contribution in [1.82, 2.24) is 15.0 Å². The first kappa shape index (κ1) is 24.5. The molecule has 2 heterocycles. The van der Waals surface area contributed by atoms with Crippen LogP contribution in [0.2, 0.25) is 0 Å². The lowest BCUT2D eigenvalue weighted by Crippen LogP contribution is -2.40. The fourth-order valence-corrected chi connectivity index (χ4v) is 4.00. The third-order valence-corrected chi connectivity index (χ3v) is 5.82. The number of likely N-dealkylation sites (tertiary alicyclic amines) is 1. The van der Waals surface area contributed by atoms with E-state index in [0.29, 0.717) is 54.0 Å². The lowest BCUT2D eigenvalue weighted by molar-refractivity contribution is -0.137. The Morgan fingerprint density at radius 3 is 2.57 bits per heavy atom. The number of benzene rings is 2. The molecule has 35 heavy (non-hydrogen) atoms. The number of amides is 1. The molecular weight excluding hydrogens is 465 g/mol. The van der Waals surface area contributed by atoms with Crippen molar-refractivity contribution in [3.8, 4) is 22.9 Å². The Kier molecular flexibility index (Phi) is 7.25. The molecule has 186 valence electrons. The van der Waals surface area contributed by atoms with Crippen LogP contribution in [0.25, 0.3) is 11.4 Å². The summed E-state index contributed by atoms with van der Waals surface area (Å²) < 4.78 is 54.2. The molecule has 0 bridgehead atoms. The molecule has 1 N–H and O–H groups in total. The lowest BCUT2D eigenvalue weighted by Gasteiger charge is -2.30. The maximum atomic E-state index is 12.7. The van der Waals surface area contributed by atoms with E-state index in [9.17, 15) is 18.0 Å². The molecule has 1 amide bonds. The molecule has 8 nitrogen and oxygen atoms in total. The van der Waals surface area contributed by atoms with Crippen molar-refractivity contribution in [2.24, 2.45) is 5.92 Å². The number of halogens is 3. The van der Waals surface area contributed by atoms with Gasteiger partial charge in [0.25, 0.3) is 0 Å². The van der Waals surface area contributed by atoms with E-state index in [-0.39, 0.29) is 11.8 Å². The van der Waals surface area contributed by atoms with Crippen molar-refractivity contribution in [2.45, 2.75) is 25.6 Å². The highest BCUT2D eigenvalue weighted by atomic mass is 19.4. The highest BCUT2D eigenvalue weighted by Gasteiger charge is 2.30. The van der Waals surface area contributed by atoms with Gasteiger partial charge in [0.1, 0.15) is 0 Å². The second-order valence-corrected chi connectivity index (χ2v) is 8.22. The smallest absolute Gasteiger partial charge is 0.416 e. The lowest BCUT2D eigenvalue weighted by atomic mass is 9.97. The van der Waals surface area contributed by atoms with E-state index in [2.05, 4.69) is 15.5 Å². The summed E-state index contributed by atoms with van der Waals surface area (Å²) in [5.41, 5.74) is 0.285. The number of ether oxygens (including phenoxy) is 2. The van der Waals surface area contributed by atoms with Crippen molar-refractivity contribution in [2.75, 3.05) is 32.6 Å². The number of hydrogen-bond donors (Lipinski definition) is 1. The summed E-state index contributed by atoms with van der Waals surface area (Å²) in [5.74, 6) is 1.43. The Labute approximate surface area is 200 Å². The maximum absolute atomic E-state index is 12.7. The van der Waals surface area contributed by atoms with Crippen molar-refractivity contribution >= 4 is 11.6 Å². The van der Waals surface area contributed by atoms with Gasteiger partial charge in [-0.05, 0) is 61.9 Å². The number of carbonyl (C=O) groups excluding carboxylic acids is 1. The largest absolute Gasteiger partial charge is 0.493 e. The first-order valence-electron chi connectivity index (χ1n) is 11.0. The van der Waals surface area contributed by atoms with Crippen LogP contribution in [0.1, 0.15) is 24.3 Å². The van der Waals surface area contributed by atoms with Crippen LogP contribution >= 0.6 is 0 Å². The van der Waals surface area contributed by atoms with E-state index in [1.54, 1.807) is 32.4 Å². The van der Waals surface area contributed by atoms with Gasteiger partial charge in [0, 0.05) is 17.8 Å². The van der Waals surface area contributed by atoms with E-state index in [4.69, 9.17) is 14.0 Å². The quantitative estimate of drug-likeness (QED) is 0.517. The molecule has 0 radical (unpaired) electrons. The number of piperidine rings is 1. The SMILES string of the molecule is COc1ccc(-c2noc(CN3CCCC(C(=O)Nc4ccc(C(F)(F)F)cc4)C3)n2)cc1OC. The molecule has 1 unspecified atom stereocenters. The number of nitrogens with zero attached hydrogens (tertiary/aromatic N) is 3. The Morgan fingerprint density at radius 1 is 1.14 bits per heavy atom. The molecule has 0 spiro atoms. The van der Waals surface area contributed by atoms with Crippen LogP contribution in [-0.4, -0.2) is 48.3 Å². The topological polar surface area (TPSA) is 89.7 Å². The molecule has 0 saturated carbocycles. The fraction of sp³-hybridized carbons (Fsp3) is 0.375. The highest BCUT2D eigenvalue weighted by molar-refractivity contribution is 5.92. The molecule has 1 aromatic heterocycles. The molecular formula is C24H25F3N4O4. The van der Waals surface area contributed by atoms with E-state index < -0.39 is 11.7 Å². The first-order chi connectivity index (χ1) is 16.8. The number of nitrogens with one attached hydrogen (secondary N) is 1. The maximum Gasteiger partial charge on any atom is 0.416 e. The number of methoxy groups -OCH3 is 2. The number of alkyl halides is 3. The monoisotopic (exact) mass is 490 g/mol. The van der Waals surface area contributed by atoms with Gasteiger partial charge in [0.2, 0.25) is 17.6 Å². The zero-order chi connectivity index (χ0) is 25.0. The number of aromatic nitrogens is 2. The molecule has 1 fully saturated rings. The molecule has 1 aliphatic heterocycles. The standard InChI is InChI=1S/C24H25F3N4O4/c1-33-19-10-5-15(12-20(19)34-2)22-29-21(35-30-22)14-31-11-3-4-16(13-31)23(32)28-18-8-6-17(7-9-18)24(25,26)27/h5-10,12,16H,3-4,11,13-14H2,1-2H3,(H,28,32). The number of rotatable bonds is 7. The van der Waals surface area contributed by atoms with Gasteiger partial charge in [-0.1, -0.05) is 5.16 Å². The zero-order valence-electron chi connectivity index (χ0n) is 19.3. The van der Waals surface area contributed by atoms with E-state index in [1.807, 2.05) is 4.90 Å². The van der Waals surface area contributed by atoms with Crippen LogP contribution in [0.4, 0.5) is 18.9 Å². The van der Waals surface area contributed by atoms with Gasteiger partial charge in [-0.2, -0.15) is 18.2 Å². The van der Waals surface area contributed by atoms with Crippen LogP contribution in [0.15, 0.2) is 47.0 Å². The zero-order valence-corrected chi connectivity index (χ0v) is 19.3. The van der Waals surface area contributed by atoms with Crippen LogP contribution in [0, 0.1) is 5.92 Å². The Bertz CT molecular complexity index is 1160. The normalized spacial score (nSPS) is 16.7. The Hall–Kier alpha value is -3.60. The number of anilines is 1. The van der Waals surface area contributed by atoms with Gasteiger partial charge in [-0.15, -0.1) is 0 Å². The second kappa shape index (κ2) is 10.3. The third kappa shape index (κ3) is 5.91. The summed E-state index contributed by atoms with van der Waals surface area (Å²) in [4.78, 5) is 19.2. The molecule has 1 atom stereocenters. The summed E-state index contributed by atoms with van der Waals surface area (Å²) in [6, 6.07) is 9.75. The predicted octanol–water partition coefficient (Wildman–Crippen LogP) is 4.62. The predicted molar refractivity (Wildman–Crippen MR) is 121 cm³/mol. The average molecular weight is 490 g/mol. The van der Waals surface area contributed by atoms with Crippen molar-refractivity contribution < 1.29 is 32.0 Å². The minimum absolute atomic E-state index is 0.231. The Morgan fingerprint density at radius 2 is 1.89 bits per heavy atom. The Balaban J connectivity index is 1.36. The van der Waals surface area contributed by atoms with Gasteiger partial charge < -0.3 is 19.3 Å². The third-order valence-electron chi connectivity index (χ3n) is 5.82. The van der Waals surface area contributed by atoms with Crippen molar-refractivity contribution in [3.05, 3.63) is 53.9 Å². The minimum atomic E-state index is -4.42. The van der Waals surface area contributed by atoms with E-state index in [0.717, 1.165) is 25.1 Å². The van der Waals surface area contributed by atoms with E-state index >= 15 is 0 Å². The highest BCUT2D eigenvalue weighted by Crippen LogP contribution is 2.32. The number of carbonyl (C=O) groups is 1. The van der Waals surface area contributed by atoms with Gasteiger partial charge in [0.15, 0.2) is 11.5 Å². The average Bonchev–Trinajstić information content (AvgIpc) is 3.32. The van der Waals surface area contributed by atoms with Crippen molar-refractivity contribution in [3.63, 3.8) is 0 Å². The molecule has 11 heteroatoms. The molecule has 2 aromatic carbocycles.